The fourth-order valence-corrected chi connectivity index (χ4v) is 12.4. The van der Waals surface area contributed by atoms with E-state index in [0.717, 1.165) is 0 Å². The molecule has 117 heavy (non-hydrogen) atoms. The molecular weight excluding hydrogens is 1570 g/mol. The van der Waals surface area contributed by atoms with Gasteiger partial charge in [-0.25, -0.2) is 14.0 Å². The number of amides is 2. The van der Waals surface area contributed by atoms with Gasteiger partial charge in [0.1, 0.15) is 102 Å². The van der Waals surface area contributed by atoms with Crippen molar-refractivity contribution in [2.75, 3.05) is 198 Å². The normalized spacial score (nSPS) is 25.6. The summed E-state index contributed by atoms with van der Waals surface area (Å²) in [5.41, 5.74) is -0.352. The Morgan fingerprint density at radius 3 is 1.09 bits per heavy atom. The summed E-state index contributed by atoms with van der Waals surface area (Å²) in [6, 6.07) is -1.18. The highest BCUT2D eigenvalue weighted by atomic mass is 16.7. The molecule has 0 aromatic carbocycles. The van der Waals surface area contributed by atoms with Gasteiger partial charge >= 0.3 is 17.9 Å². The van der Waals surface area contributed by atoms with Crippen LogP contribution in [0.3, 0.4) is 0 Å². The zero-order valence-electron chi connectivity index (χ0n) is 65.0. The van der Waals surface area contributed by atoms with Crippen molar-refractivity contribution in [3.8, 4) is 0 Å². The second kappa shape index (κ2) is 53.4. The average molecular weight is 1690 g/mol. The van der Waals surface area contributed by atoms with Gasteiger partial charge < -0.3 is 158 Å². The second-order valence-corrected chi connectivity index (χ2v) is 27.8. The fourth-order valence-electron chi connectivity index (χ4n) is 12.4. The van der Waals surface area contributed by atoms with E-state index in [4.69, 9.17) is 71.1 Å². The first kappa shape index (κ1) is 97.7. The summed E-state index contributed by atoms with van der Waals surface area (Å²) in [7, 11) is 0. The number of ether oxygens (including phenoxy) is 15. The molecule has 668 valence electrons. The summed E-state index contributed by atoms with van der Waals surface area (Å²) in [5.74, 6) is -4.48. The van der Waals surface area contributed by atoms with E-state index in [9.17, 15) is 101 Å². The van der Waals surface area contributed by atoms with Gasteiger partial charge in [0.2, 0.25) is 11.8 Å². The summed E-state index contributed by atoms with van der Waals surface area (Å²) < 4.78 is 89.5. The molecule has 3 aromatic rings. The van der Waals surface area contributed by atoms with Crippen LogP contribution in [-0.2, 0) is 134 Å². The maximum Gasteiger partial charge on any atom is 0.320 e. The van der Waals surface area contributed by atoms with Crippen LogP contribution in [0.25, 0.3) is 0 Å². The van der Waals surface area contributed by atoms with Crippen LogP contribution in [0.1, 0.15) is 42.8 Å². The summed E-state index contributed by atoms with van der Waals surface area (Å²) in [6.45, 7) is -0.266. The average Bonchev–Trinajstić information content (AvgIpc) is 1.75. The number of nitrogens with one attached hydrogen (secondary N) is 2. The monoisotopic (exact) mass is 1690 g/mol. The largest absolute Gasteiger partial charge is 0.480 e. The molecule has 4 aliphatic rings. The van der Waals surface area contributed by atoms with E-state index in [1.165, 1.54) is 14.0 Å². The number of aliphatic hydroxyl groups excluding tert-OH is 12. The molecule has 0 bridgehead atoms. The molecule has 1 unspecified atom stereocenters. The summed E-state index contributed by atoms with van der Waals surface area (Å²) >= 11 is 0. The number of hydrogen-bond acceptors (Lipinski definition) is 41. The summed E-state index contributed by atoms with van der Waals surface area (Å²) in [5, 5.41) is 180. The minimum Gasteiger partial charge on any atom is -0.480 e. The Labute approximate surface area is 671 Å². The van der Waals surface area contributed by atoms with Gasteiger partial charge in [-0.15, -0.1) is 15.3 Å². The molecule has 17 N–H and O–H groups in total. The van der Waals surface area contributed by atoms with E-state index in [0.29, 0.717) is 17.1 Å². The number of carbonyl (C=O) groups is 5. The van der Waals surface area contributed by atoms with Crippen molar-refractivity contribution in [2.45, 2.75) is 169 Å². The first-order valence-electron chi connectivity index (χ1n) is 38.5. The van der Waals surface area contributed by atoms with E-state index in [2.05, 4.69) is 41.6 Å². The first-order valence-corrected chi connectivity index (χ1v) is 38.5. The number of aromatic nitrogens is 9. The molecule has 4 fully saturated rings. The van der Waals surface area contributed by atoms with Crippen LogP contribution in [0.4, 0.5) is 0 Å². The highest BCUT2D eigenvalue weighted by molar-refractivity contribution is 5.79. The van der Waals surface area contributed by atoms with Gasteiger partial charge in [-0.3, -0.25) is 38.7 Å². The van der Waals surface area contributed by atoms with Crippen molar-refractivity contribution in [2.24, 2.45) is 0 Å². The van der Waals surface area contributed by atoms with Crippen molar-refractivity contribution in [1.29, 1.82) is 0 Å². The van der Waals surface area contributed by atoms with Crippen LogP contribution in [0.2, 0.25) is 0 Å². The molecular formula is C68H116N14O35. The quantitative estimate of drug-likeness (QED) is 0.0233. The van der Waals surface area contributed by atoms with Crippen LogP contribution >= 0.6 is 0 Å². The molecule has 7 heterocycles. The minimum absolute atomic E-state index is 0.0122. The Morgan fingerprint density at radius 2 is 0.761 bits per heavy atom. The molecule has 0 aliphatic carbocycles. The minimum atomic E-state index is -1.59. The van der Waals surface area contributed by atoms with Gasteiger partial charge in [0.25, 0.3) is 0 Å². The van der Waals surface area contributed by atoms with Crippen molar-refractivity contribution in [1.82, 2.24) is 70.3 Å². The van der Waals surface area contributed by atoms with E-state index in [1.807, 2.05) is 0 Å². The van der Waals surface area contributed by atoms with Crippen LogP contribution in [0.15, 0.2) is 18.6 Å². The summed E-state index contributed by atoms with van der Waals surface area (Å²) in [6.07, 6.45) is -16.8. The second-order valence-electron chi connectivity index (χ2n) is 27.8. The van der Waals surface area contributed by atoms with E-state index in [1.54, 1.807) is 33.3 Å². The summed E-state index contributed by atoms with van der Waals surface area (Å²) in [4.78, 5) is 68.5. The lowest BCUT2D eigenvalue weighted by Crippen LogP contribution is -2.59. The third-order valence-electron chi connectivity index (χ3n) is 18.8. The predicted molar refractivity (Wildman–Crippen MR) is 387 cm³/mol. The molecule has 0 saturated carbocycles. The van der Waals surface area contributed by atoms with E-state index in [-0.39, 0.29) is 243 Å². The maximum atomic E-state index is 14.3. The molecule has 16 atom stereocenters. The third-order valence-corrected chi connectivity index (χ3v) is 18.8. The van der Waals surface area contributed by atoms with E-state index >= 15 is 0 Å². The smallest absolute Gasteiger partial charge is 0.320 e. The lowest BCUT2D eigenvalue weighted by Gasteiger charge is -2.39. The van der Waals surface area contributed by atoms with Gasteiger partial charge in [0.05, 0.1) is 210 Å². The molecule has 7 rings (SSSR count). The van der Waals surface area contributed by atoms with Gasteiger partial charge in [0, 0.05) is 58.7 Å². The number of aliphatic carboxylic acids is 3. The third kappa shape index (κ3) is 34.5. The number of rotatable bonds is 59. The number of hydrogen-bond donors (Lipinski definition) is 17. The first-order chi connectivity index (χ1) is 56.4. The van der Waals surface area contributed by atoms with Crippen LogP contribution in [0, 0.1) is 0 Å². The van der Waals surface area contributed by atoms with Crippen molar-refractivity contribution in [3.05, 3.63) is 35.7 Å². The number of carboxylic acids is 3. The van der Waals surface area contributed by atoms with Crippen LogP contribution < -0.4 is 10.6 Å². The predicted octanol–water partition coefficient (Wildman–Crippen LogP) is -11.0. The molecule has 4 saturated heterocycles. The fraction of sp³-hybridized carbons (Fsp3) is 0.838. The Balaban J connectivity index is 0.945. The topological polar surface area (TPSA) is 653 Å². The molecule has 0 spiro atoms. The van der Waals surface area contributed by atoms with Gasteiger partial charge in [0.15, 0.2) is 18.9 Å². The Bertz CT molecular complexity index is 3010. The number of carboxylic acid groups (broad SMARTS) is 3. The molecule has 4 aliphatic heterocycles. The van der Waals surface area contributed by atoms with Gasteiger partial charge in [-0.05, 0) is 12.8 Å². The van der Waals surface area contributed by atoms with E-state index < -0.39 is 153 Å². The van der Waals surface area contributed by atoms with Gasteiger partial charge in [-0.1, -0.05) is 15.6 Å². The Kier molecular flexibility index (Phi) is 44.6. The zero-order valence-corrected chi connectivity index (χ0v) is 65.0. The maximum absolute atomic E-state index is 14.3. The molecule has 0 radical (unpaired) electrons. The van der Waals surface area contributed by atoms with Crippen molar-refractivity contribution < 1.29 is 172 Å². The molecule has 2 amide bonds. The lowest BCUT2D eigenvalue weighted by molar-refractivity contribution is -0.302. The SMILES string of the molecule is O=C(O)CN1CCN(CC(=O)O)CCN(C(CCC(=O)NCCCC(=O)NC(COCc2cn(CCOCCOCCO[C@@H]3O[C@H](CO)[C@H](O)[C@H](O)[C@H]3O)nn2)(COCc2cn(CCOCCOCCO[C@@H]3O[C@H](CO)[C@H](O)[C@H](O)[C@H]3O)nn2)COCc2cn(CCOCCOCCO[C@@H]3O[C@H](CO)[C@H](O)[C@H](O)[C@H]3O)nn2)C(=O)O)CC1. The molecule has 3 aromatic heterocycles. The van der Waals surface area contributed by atoms with Crippen LogP contribution in [0.5, 0.6) is 0 Å². The molecule has 49 nitrogen and oxygen atoms in total. The molecule has 49 heteroatoms. The zero-order chi connectivity index (χ0) is 84.5. The van der Waals surface area contributed by atoms with Gasteiger partial charge in [-0.2, -0.15) is 0 Å². The number of aliphatic hydroxyl groups is 12. The highest BCUT2D eigenvalue weighted by Crippen LogP contribution is 2.25. The Hall–Kier alpha value is -6.43. The lowest BCUT2D eigenvalue weighted by atomic mass is 9.99. The number of nitrogens with zero attached hydrogens (tertiary/aromatic N) is 12. The highest BCUT2D eigenvalue weighted by Gasteiger charge is 2.47. The van der Waals surface area contributed by atoms with Crippen LogP contribution in [-0.4, -0.2) is 467 Å². The standard InChI is InChI=1S/C68H116N14O35/c83-35-48-55(92)58(95)61(98)65(115-48)112-27-24-106-21-18-103-15-12-80-30-44(71-74-80)38-109-41-68(42-110-39-45-31-81(75-72-45)13-16-104-19-22-107-25-28-113-66-62(99)59(96)56(93)49(36-84)116-66,43-111-40-46-32-82(76-73-46)14-17-105-20-23-108-26-29-114-67-63(100)60(97)57(94)50(37-85)117-67)70-52(87)2-1-5-69-51(86)4-3-47(64(101)102)79-10-8-77(33-53(88)89)6-7-78(9-11-79)34-54(90)91/h30-32,47-50,55-63,65-67,83-85,92-100H,1-29,33-43H2,(H,69,86)(H,70,87)(H,88,89)(H,90,91)(H,101,102)/t47?,48-,49-,50-,55+,56+,57+,58+,59+,60+,61-,62-,63-,65-,66-,67-/m1/s1. The number of carbonyl (C=O) groups excluding carboxylic acids is 2. The Morgan fingerprint density at radius 1 is 0.427 bits per heavy atom. The van der Waals surface area contributed by atoms with Crippen molar-refractivity contribution in [3.63, 3.8) is 0 Å². The van der Waals surface area contributed by atoms with Crippen molar-refractivity contribution >= 4 is 29.7 Å².